The molecule has 1 nitrogen and oxygen atoms in total. The summed E-state index contributed by atoms with van der Waals surface area (Å²) in [4.78, 5) is 12.3. The second-order valence-corrected chi connectivity index (χ2v) is 6.56. The molecule has 1 heteroatoms. The van der Waals surface area contributed by atoms with Gasteiger partial charge in [-0.05, 0) is 47.5 Å². The molecule has 0 spiro atoms. The smallest absolute Gasteiger partial charge is 0.159 e. The third-order valence-electron chi connectivity index (χ3n) is 5.43. The van der Waals surface area contributed by atoms with E-state index in [0.717, 1.165) is 12.0 Å². The largest absolute Gasteiger partial charge is 0.295 e. The molecule has 0 saturated heterocycles. The number of ketones is 1. The van der Waals surface area contributed by atoms with Gasteiger partial charge in [0, 0.05) is 11.8 Å². The zero-order valence-corrected chi connectivity index (χ0v) is 14.3. The molecule has 2 aliphatic carbocycles. The van der Waals surface area contributed by atoms with E-state index in [2.05, 4.69) is 45.0 Å². The van der Waals surface area contributed by atoms with Gasteiger partial charge in [0.2, 0.25) is 0 Å². The summed E-state index contributed by atoms with van der Waals surface area (Å²) in [6.45, 7) is 12.9. The van der Waals surface area contributed by atoms with Gasteiger partial charge >= 0.3 is 0 Å². The summed E-state index contributed by atoms with van der Waals surface area (Å²) in [6.07, 6.45) is 1.81. The van der Waals surface area contributed by atoms with E-state index in [1.165, 1.54) is 16.7 Å². The van der Waals surface area contributed by atoms with Gasteiger partial charge in [-0.15, -0.1) is 0 Å². The SMILES string of the molecule is CC.CC1=C2c3ccccc3CC2(C(C)C)C(C)CC1=O. The molecule has 1 aromatic rings. The Balaban J connectivity index is 0.000000774. The highest BCUT2D eigenvalue weighted by Gasteiger charge is 2.51. The van der Waals surface area contributed by atoms with E-state index in [1.54, 1.807) is 0 Å². The first-order valence-electron chi connectivity index (χ1n) is 8.31. The minimum Gasteiger partial charge on any atom is -0.295 e. The van der Waals surface area contributed by atoms with Gasteiger partial charge in [-0.2, -0.15) is 0 Å². The third kappa shape index (κ3) is 2.18. The van der Waals surface area contributed by atoms with Crippen LogP contribution in [0.15, 0.2) is 29.8 Å². The normalized spacial score (nSPS) is 27.2. The van der Waals surface area contributed by atoms with Crippen LogP contribution in [0.25, 0.3) is 5.57 Å². The quantitative estimate of drug-likeness (QED) is 0.684. The summed E-state index contributed by atoms with van der Waals surface area (Å²) in [5.41, 5.74) is 5.28. The van der Waals surface area contributed by atoms with Crippen LogP contribution in [0.2, 0.25) is 0 Å². The van der Waals surface area contributed by atoms with Crippen LogP contribution < -0.4 is 0 Å². The third-order valence-corrected chi connectivity index (χ3v) is 5.43. The van der Waals surface area contributed by atoms with Crippen LogP contribution >= 0.6 is 0 Å². The van der Waals surface area contributed by atoms with Crippen LogP contribution in [-0.4, -0.2) is 5.78 Å². The number of allylic oxidation sites excluding steroid dienone is 2. The Morgan fingerprint density at radius 1 is 1.19 bits per heavy atom. The standard InChI is InChI=1S/C18H22O.C2H6/c1-11(2)18-10-14-7-5-6-8-15(14)17(18)13(4)16(19)9-12(18)3;1-2/h5-8,11-12H,9-10H2,1-4H3;1-2H3. The van der Waals surface area contributed by atoms with Crippen molar-refractivity contribution in [1.82, 2.24) is 0 Å². The number of hydrogen-bond donors (Lipinski definition) is 0. The molecular formula is C20H28O. The first-order chi connectivity index (χ1) is 9.98. The van der Waals surface area contributed by atoms with E-state index in [4.69, 9.17) is 0 Å². The Morgan fingerprint density at radius 3 is 2.43 bits per heavy atom. The molecule has 21 heavy (non-hydrogen) atoms. The van der Waals surface area contributed by atoms with Crippen molar-refractivity contribution in [3.8, 4) is 0 Å². The first kappa shape index (κ1) is 16.0. The van der Waals surface area contributed by atoms with Gasteiger partial charge in [0.1, 0.15) is 0 Å². The lowest BCUT2D eigenvalue weighted by Gasteiger charge is -2.44. The Morgan fingerprint density at radius 2 is 1.81 bits per heavy atom. The van der Waals surface area contributed by atoms with Crippen molar-refractivity contribution in [2.24, 2.45) is 17.3 Å². The highest BCUT2D eigenvalue weighted by Crippen LogP contribution is 2.59. The monoisotopic (exact) mass is 284 g/mol. The number of carbonyl (C=O) groups is 1. The molecule has 3 rings (SSSR count). The van der Waals surface area contributed by atoms with Gasteiger partial charge in [0.25, 0.3) is 0 Å². The van der Waals surface area contributed by atoms with E-state index in [9.17, 15) is 4.79 Å². The first-order valence-corrected chi connectivity index (χ1v) is 8.31. The molecule has 0 aromatic heterocycles. The second kappa shape index (κ2) is 5.79. The predicted molar refractivity (Wildman–Crippen MR) is 90.1 cm³/mol. The molecule has 0 fully saturated rings. The highest BCUT2D eigenvalue weighted by atomic mass is 16.1. The molecule has 2 aliphatic rings. The van der Waals surface area contributed by atoms with E-state index >= 15 is 0 Å². The van der Waals surface area contributed by atoms with Gasteiger partial charge in [0.05, 0.1) is 0 Å². The van der Waals surface area contributed by atoms with Gasteiger partial charge in [-0.3, -0.25) is 4.79 Å². The Labute approximate surface area is 129 Å². The molecule has 0 heterocycles. The van der Waals surface area contributed by atoms with Gasteiger partial charge in [-0.25, -0.2) is 0 Å². The average molecular weight is 284 g/mol. The molecule has 2 unspecified atom stereocenters. The molecule has 2 atom stereocenters. The average Bonchev–Trinajstić information content (AvgIpc) is 2.84. The van der Waals surface area contributed by atoms with Crippen molar-refractivity contribution >= 4 is 11.4 Å². The molecule has 0 saturated carbocycles. The van der Waals surface area contributed by atoms with E-state index < -0.39 is 0 Å². The van der Waals surface area contributed by atoms with Crippen molar-refractivity contribution in [3.05, 3.63) is 41.0 Å². The van der Waals surface area contributed by atoms with Crippen LogP contribution in [0.4, 0.5) is 0 Å². The Kier molecular flexibility index (Phi) is 4.41. The fourth-order valence-corrected chi connectivity index (χ4v) is 4.36. The summed E-state index contributed by atoms with van der Waals surface area (Å²) in [5, 5.41) is 0. The maximum atomic E-state index is 12.3. The van der Waals surface area contributed by atoms with Gasteiger partial charge < -0.3 is 0 Å². The number of rotatable bonds is 1. The number of carbonyl (C=O) groups excluding carboxylic acids is 1. The topological polar surface area (TPSA) is 17.1 Å². The van der Waals surface area contributed by atoms with Gasteiger partial charge in [0.15, 0.2) is 5.78 Å². The summed E-state index contributed by atoms with van der Waals surface area (Å²) >= 11 is 0. The maximum Gasteiger partial charge on any atom is 0.159 e. The minimum atomic E-state index is 0.168. The highest BCUT2D eigenvalue weighted by molar-refractivity contribution is 6.06. The number of benzene rings is 1. The number of hydrogen-bond acceptors (Lipinski definition) is 1. The summed E-state index contributed by atoms with van der Waals surface area (Å²) in [6, 6.07) is 8.64. The predicted octanol–water partition coefficient (Wildman–Crippen LogP) is 5.29. The summed E-state index contributed by atoms with van der Waals surface area (Å²) < 4.78 is 0. The zero-order chi connectivity index (χ0) is 15.8. The van der Waals surface area contributed by atoms with Crippen LogP contribution in [0.1, 0.15) is 59.1 Å². The Hall–Kier alpha value is -1.37. The molecule has 0 amide bonds. The molecule has 0 N–H and O–H groups in total. The van der Waals surface area contributed by atoms with E-state index in [1.807, 2.05) is 20.8 Å². The van der Waals surface area contributed by atoms with Crippen LogP contribution in [0.3, 0.4) is 0 Å². The zero-order valence-electron chi connectivity index (χ0n) is 14.3. The lowest BCUT2D eigenvalue weighted by atomic mass is 9.58. The molecule has 114 valence electrons. The van der Waals surface area contributed by atoms with E-state index in [-0.39, 0.29) is 5.41 Å². The minimum absolute atomic E-state index is 0.168. The molecule has 0 radical (unpaired) electrons. The molecule has 0 aliphatic heterocycles. The van der Waals surface area contributed by atoms with Crippen LogP contribution in [0, 0.1) is 17.3 Å². The summed E-state index contributed by atoms with van der Waals surface area (Å²) in [5.74, 6) is 1.34. The molecule has 1 aromatic carbocycles. The fraction of sp³-hybridized carbons (Fsp3) is 0.550. The number of Topliss-reactive ketones (excluding diaryl/α,β-unsaturated/α-hetero) is 1. The van der Waals surface area contributed by atoms with Crippen molar-refractivity contribution in [1.29, 1.82) is 0 Å². The van der Waals surface area contributed by atoms with Crippen LogP contribution in [-0.2, 0) is 11.2 Å². The summed E-state index contributed by atoms with van der Waals surface area (Å²) in [7, 11) is 0. The van der Waals surface area contributed by atoms with Crippen molar-refractivity contribution < 1.29 is 4.79 Å². The van der Waals surface area contributed by atoms with Crippen molar-refractivity contribution in [2.45, 2.75) is 54.4 Å². The molecule has 0 bridgehead atoms. The van der Waals surface area contributed by atoms with E-state index in [0.29, 0.717) is 24.0 Å². The second-order valence-electron chi connectivity index (χ2n) is 6.56. The lowest BCUT2D eigenvalue weighted by Crippen LogP contribution is -2.39. The fourth-order valence-electron chi connectivity index (χ4n) is 4.36. The van der Waals surface area contributed by atoms with Crippen LogP contribution in [0.5, 0.6) is 0 Å². The number of fused-ring (bicyclic) bond motifs is 3. The lowest BCUT2D eigenvalue weighted by molar-refractivity contribution is -0.117. The molecular weight excluding hydrogens is 256 g/mol. The van der Waals surface area contributed by atoms with Crippen molar-refractivity contribution in [2.75, 3.05) is 0 Å². The Bertz CT molecular complexity index is 579. The van der Waals surface area contributed by atoms with Gasteiger partial charge in [-0.1, -0.05) is 58.9 Å². The van der Waals surface area contributed by atoms with Crippen molar-refractivity contribution in [3.63, 3.8) is 0 Å². The maximum absolute atomic E-state index is 12.3.